The Morgan fingerprint density at radius 3 is 2.59 bits per heavy atom. The van der Waals surface area contributed by atoms with E-state index in [2.05, 4.69) is 10.1 Å². The Balaban J connectivity index is 1.85. The second kappa shape index (κ2) is 10.2. The van der Waals surface area contributed by atoms with Crippen molar-refractivity contribution in [3.63, 3.8) is 0 Å². The summed E-state index contributed by atoms with van der Waals surface area (Å²) in [5, 5.41) is 16.0. The number of aromatic nitrogens is 2. The Morgan fingerprint density at radius 2 is 1.89 bits per heavy atom. The predicted octanol–water partition coefficient (Wildman–Crippen LogP) is 6.05. The highest BCUT2D eigenvalue weighted by molar-refractivity contribution is 5.83. The summed E-state index contributed by atoms with van der Waals surface area (Å²) in [6.45, 7) is 3.67. The molecule has 0 unspecified atom stereocenters. The molecule has 0 aliphatic heterocycles. The maximum Gasteiger partial charge on any atom is 0.416 e. The maximum atomic E-state index is 13.3. The van der Waals surface area contributed by atoms with Gasteiger partial charge in [-0.1, -0.05) is 31.2 Å². The van der Waals surface area contributed by atoms with E-state index in [1.165, 1.54) is 42.6 Å². The van der Waals surface area contributed by atoms with Gasteiger partial charge in [-0.2, -0.15) is 22.9 Å². The maximum absolute atomic E-state index is 13.3. The van der Waals surface area contributed by atoms with Crippen molar-refractivity contribution in [3.8, 4) is 17.1 Å². The molecule has 0 saturated carbocycles. The molecule has 1 heterocycles. The Labute approximate surface area is 208 Å². The molecule has 11 heteroatoms. The first-order valence-electron chi connectivity index (χ1n) is 11.3. The second-order valence-electron chi connectivity index (χ2n) is 8.21. The first-order valence-corrected chi connectivity index (χ1v) is 11.3. The molecule has 8 nitrogen and oxygen atoms in total. The molecule has 0 bridgehead atoms. The fourth-order valence-corrected chi connectivity index (χ4v) is 3.53. The largest absolute Gasteiger partial charge is 0.484 e. The quantitative estimate of drug-likeness (QED) is 0.171. The van der Waals surface area contributed by atoms with Gasteiger partial charge in [0.05, 0.1) is 33.7 Å². The molecule has 0 spiro atoms. The van der Waals surface area contributed by atoms with Gasteiger partial charge in [0.2, 0.25) is 0 Å². The smallest absolute Gasteiger partial charge is 0.416 e. The van der Waals surface area contributed by atoms with E-state index >= 15 is 0 Å². The molecule has 0 N–H and O–H groups in total. The standard InChI is InChI=1S/C26H21F3N4O4/c1-3-16(2)37-23-12-11-17(13-22(23)33(35)36)15-30-32-24(18-7-6-8-19(14-18)26(27,28)29)31-21-10-5-4-9-20(21)25(32)34/h4-16H,3H2,1-2H3/t16-/m1/s1. The monoisotopic (exact) mass is 510 g/mol. The van der Waals surface area contributed by atoms with Gasteiger partial charge < -0.3 is 4.74 Å². The van der Waals surface area contributed by atoms with Crippen molar-refractivity contribution in [1.82, 2.24) is 9.66 Å². The van der Waals surface area contributed by atoms with Crippen LogP contribution in [0.2, 0.25) is 0 Å². The third-order valence-electron chi connectivity index (χ3n) is 5.61. The molecule has 0 fully saturated rings. The number of halogens is 3. The van der Waals surface area contributed by atoms with Crippen LogP contribution in [0.15, 0.2) is 76.6 Å². The zero-order chi connectivity index (χ0) is 26.7. The van der Waals surface area contributed by atoms with E-state index in [4.69, 9.17) is 4.74 Å². The normalized spacial score (nSPS) is 12.7. The number of hydrogen-bond donors (Lipinski definition) is 0. The van der Waals surface area contributed by atoms with Crippen LogP contribution >= 0.6 is 0 Å². The van der Waals surface area contributed by atoms with Gasteiger partial charge in [0.15, 0.2) is 11.6 Å². The fourth-order valence-electron chi connectivity index (χ4n) is 3.53. The number of benzene rings is 3. The summed E-state index contributed by atoms with van der Waals surface area (Å²) >= 11 is 0. The van der Waals surface area contributed by atoms with E-state index in [1.54, 1.807) is 25.1 Å². The lowest BCUT2D eigenvalue weighted by atomic mass is 10.1. The van der Waals surface area contributed by atoms with Crippen LogP contribution < -0.4 is 10.3 Å². The number of hydrogen-bond acceptors (Lipinski definition) is 6. The molecule has 190 valence electrons. The Hall–Kier alpha value is -4.54. The van der Waals surface area contributed by atoms with Gasteiger partial charge >= 0.3 is 11.9 Å². The lowest BCUT2D eigenvalue weighted by Gasteiger charge is -2.13. The van der Waals surface area contributed by atoms with Crippen molar-refractivity contribution in [2.24, 2.45) is 5.10 Å². The summed E-state index contributed by atoms with van der Waals surface area (Å²) in [5.41, 5.74) is -1.22. The lowest BCUT2D eigenvalue weighted by Crippen LogP contribution is -2.20. The predicted molar refractivity (Wildman–Crippen MR) is 133 cm³/mol. The molecule has 37 heavy (non-hydrogen) atoms. The third-order valence-corrected chi connectivity index (χ3v) is 5.61. The van der Waals surface area contributed by atoms with Crippen molar-refractivity contribution in [2.45, 2.75) is 32.5 Å². The topological polar surface area (TPSA) is 99.6 Å². The first kappa shape index (κ1) is 25.5. The molecule has 4 aromatic rings. The average Bonchev–Trinajstić information content (AvgIpc) is 2.88. The summed E-state index contributed by atoms with van der Waals surface area (Å²) in [7, 11) is 0. The number of ether oxygens (including phenoxy) is 1. The summed E-state index contributed by atoms with van der Waals surface area (Å²) in [6, 6.07) is 15.0. The van der Waals surface area contributed by atoms with E-state index in [0.717, 1.165) is 16.8 Å². The molecule has 4 rings (SSSR count). The van der Waals surface area contributed by atoms with E-state index in [-0.39, 0.29) is 45.4 Å². The SMILES string of the molecule is CC[C@@H](C)Oc1ccc(C=Nn2c(-c3cccc(C(F)(F)F)c3)nc3ccccc3c2=O)cc1[N+](=O)[O-]. The number of rotatable bonds is 7. The van der Waals surface area contributed by atoms with Crippen LogP contribution in [0.1, 0.15) is 31.4 Å². The molecule has 0 aliphatic rings. The van der Waals surface area contributed by atoms with Crippen molar-refractivity contribution < 1.29 is 22.8 Å². The highest BCUT2D eigenvalue weighted by Gasteiger charge is 2.31. The Morgan fingerprint density at radius 1 is 1.14 bits per heavy atom. The van der Waals surface area contributed by atoms with Crippen LogP contribution in [0, 0.1) is 10.1 Å². The lowest BCUT2D eigenvalue weighted by molar-refractivity contribution is -0.386. The highest BCUT2D eigenvalue weighted by atomic mass is 19.4. The Bertz CT molecular complexity index is 1560. The average molecular weight is 510 g/mol. The van der Waals surface area contributed by atoms with E-state index in [9.17, 15) is 28.1 Å². The number of alkyl halides is 3. The van der Waals surface area contributed by atoms with Crippen LogP contribution in [0.4, 0.5) is 18.9 Å². The minimum Gasteiger partial charge on any atom is -0.484 e. The number of nitrogens with zero attached hydrogens (tertiary/aromatic N) is 4. The van der Waals surface area contributed by atoms with E-state index in [1.807, 2.05) is 6.92 Å². The number of fused-ring (bicyclic) bond motifs is 1. The zero-order valence-corrected chi connectivity index (χ0v) is 19.8. The molecule has 0 aliphatic carbocycles. The summed E-state index contributed by atoms with van der Waals surface area (Å²) in [5.74, 6) is -0.0250. The van der Waals surface area contributed by atoms with Gasteiger partial charge in [-0.15, -0.1) is 0 Å². The first-order chi connectivity index (χ1) is 17.6. The van der Waals surface area contributed by atoms with Gasteiger partial charge in [0, 0.05) is 17.2 Å². The number of nitro groups is 1. The van der Waals surface area contributed by atoms with E-state index < -0.39 is 22.2 Å². The minimum atomic E-state index is -4.60. The third kappa shape index (κ3) is 5.50. The molecular formula is C26H21F3N4O4. The van der Waals surface area contributed by atoms with Gasteiger partial charge in [0.25, 0.3) is 5.56 Å². The van der Waals surface area contributed by atoms with Crippen molar-refractivity contribution in [1.29, 1.82) is 0 Å². The van der Waals surface area contributed by atoms with Gasteiger partial charge in [0.1, 0.15) is 0 Å². The number of para-hydroxylation sites is 1. The summed E-state index contributed by atoms with van der Waals surface area (Å²) < 4.78 is 46.5. The molecule has 1 atom stereocenters. The van der Waals surface area contributed by atoms with Gasteiger partial charge in [-0.25, -0.2) is 4.98 Å². The molecule has 1 aromatic heterocycles. The summed E-state index contributed by atoms with van der Waals surface area (Å²) in [4.78, 5) is 28.7. The molecular weight excluding hydrogens is 489 g/mol. The van der Waals surface area contributed by atoms with Crippen LogP contribution in [0.25, 0.3) is 22.3 Å². The minimum absolute atomic E-state index is 0.0260. The van der Waals surface area contributed by atoms with E-state index in [0.29, 0.717) is 6.42 Å². The van der Waals surface area contributed by atoms with Crippen LogP contribution in [0.5, 0.6) is 5.75 Å². The van der Waals surface area contributed by atoms with Crippen LogP contribution in [-0.2, 0) is 6.18 Å². The molecule has 3 aromatic carbocycles. The van der Waals surface area contributed by atoms with Crippen molar-refractivity contribution in [2.75, 3.05) is 0 Å². The second-order valence-corrected chi connectivity index (χ2v) is 8.21. The summed E-state index contributed by atoms with van der Waals surface area (Å²) in [6.07, 6.45) is -2.99. The van der Waals surface area contributed by atoms with Crippen LogP contribution in [0.3, 0.4) is 0 Å². The van der Waals surface area contributed by atoms with Crippen LogP contribution in [-0.4, -0.2) is 26.9 Å². The zero-order valence-electron chi connectivity index (χ0n) is 19.8. The van der Waals surface area contributed by atoms with Gasteiger partial charge in [-0.05, 0) is 49.7 Å². The highest BCUT2D eigenvalue weighted by Crippen LogP contribution is 2.32. The van der Waals surface area contributed by atoms with Gasteiger partial charge in [-0.3, -0.25) is 14.9 Å². The van der Waals surface area contributed by atoms with Crippen molar-refractivity contribution in [3.05, 3.63) is 98.3 Å². The Kier molecular flexibility index (Phi) is 7.05. The molecule has 0 radical (unpaired) electrons. The fraction of sp³-hybridized carbons (Fsp3) is 0.192. The number of nitro benzene ring substituents is 1. The molecule has 0 amide bonds. The van der Waals surface area contributed by atoms with Crippen molar-refractivity contribution >= 4 is 22.8 Å². The molecule has 0 saturated heterocycles.